The number of amides is 1. The molecule has 12 nitrogen and oxygen atoms in total. The summed E-state index contributed by atoms with van der Waals surface area (Å²) in [6.45, 7) is 6.02. The van der Waals surface area contributed by atoms with Crippen molar-refractivity contribution in [3.63, 3.8) is 0 Å². The molecule has 0 bridgehead atoms. The Bertz CT molecular complexity index is 1770. The predicted molar refractivity (Wildman–Crippen MR) is 180 cm³/mol. The molecule has 0 aliphatic carbocycles. The molecule has 0 spiro atoms. The van der Waals surface area contributed by atoms with Gasteiger partial charge in [0, 0.05) is 41.3 Å². The first kappa shape index (κ1) is 34.6. The van der Waals surface area contributed by atoms with Gasteiger partial charge in [-0.15, -0.1) is 10.2 Å². The van der Waals surface area contributed by atoms with E-state index in [9.17, 15) is 19.8 Å². The lowest BCUT2D eigenvalue weighted by Gasteiger charge is -2.15. The normalized spacial score (nSPS) is 13.6. The molecule has 0 fully saturated rings. The molecule has 3 aromatic carbocycles. The number of fused-ring (bicyclic) bond motifs is 3. The van der Waals surface area contributed by atoms with E-state index in [1.807, 2.05) is 48.7 Å². The van der Waals surface area contributed by atoms with Gasteiger partial charge in [0.05, 0.1) is 37.6 Å². The summed E-state index contributed by atoms with van der Waals surface area (Å²) in [7, 11) is 0. The van der Waals surface area contributed by atoms with E-state index in [4.69, 9.17) is 30.8 Å². The number of hydrogen-bond donors (Lipinski definition) is 3. The van der Waals surface area contributed by atoms with Gasteiger partial charge >= 0.3 is 0 Å². The van der Waals surface area contributed by atoms with Crippen LogP contribution in [0.2, 0.25) is 5.02 Å². The average Bonchev–Trinajstić information content (AvgIpc) is 3.40. The summed E-state index contributed by atoms with van der Waals surface area (Å²) in [6.07, 6.45) is 0.897. The van der Waals surface area contributed by atoms with Crippen molar-refractivity contribution in [1.82, 2.24) is 20.1 Å². The molecule has 0 unspecified atom stereocenters. The minimum Gasteiger partial charge on any atom is -0.504 e. The number of nitrogens with one attached hydrogen (secondary N) is 1. The molecule has 0 saturated carbocycles. The number of phenols is 2. The van der Waals surface area contributed by atoms with Crippen LogP contribution in [-0.4, -0.2) is 82.0 Å². The number of aliphatic imine (C=N–C) groups is 1. The number of aryl methyl sites for hydroxylation is 1. The van der Waals surface area contributed by atoms with Gasteiger partial charge in [-0.1, -0.05) is 23.7 Å². The van der Waals surface area contributed by atoms with E-state index in [0.29, 0.717) is 79.7 Å². The highest BCUT2D eigenvalue weighted by Gasteiger charge is 2.30. The predicted octanol–water partition coefficient (Wildman–Crippen LogP) is 5.13. The number of benzene rings is 3. The van der Waals surface area contributed by atoms with Crippen LogP contribution in [0.5, 0.6) is 17.2 Å². The summed E-state index contributed by atoms with van der Waals surface area (Å²) < 4.78 is 19.2. The largest absolute Gasteiger partial charge is 0.504 e. The Hall–Kier alpha value is -4.78. The topological polar surface area (TPSA) is 157 Å². The van der Waals surface area contributed by atoms with E-state index in [-0.39, 0.29) is 36.0 Å². The maximum atomic E-state index is 12.7. The van der Waals surface area contributed by atoms with Crippen LogP contribution in [0.15, 0.2) is 65.7 Å². The smallest absolute Gasteiger partial charge is 0.222 e. The summed E-state index contributed by atoms with van der Waals surface area (Å²) in [4.78, 5) is 30.0. The number of phenolic OH excluding ortho intramolecular Hbond substituents is 2. The highest BCUT2D eigenvalue weighted by Crippen LogP contribution is 2.34. The molecule has 1 amide bonds. The molecule has 2 heterocycles. The summed E-state index contributed by atoms with van der Waals surface area (Å²) in [5.41, 5.74) is 3.48. The van der Waals surface area contributed by atoms with Crippen molar-refractivity contribution in [3.8, 4) is 22.9 Å². The Labute approximate surface area is 283 Å². The van der Waals surface area contributed by atoms with E-state index in [1.54, 1.807) is 12.1 Å². The number of hydrogen-bond acceptors (Lipinski definition) is 10. The van der Waals surface area contributed by atoms with E-state index >= 15 is 0 Å². The Balaban J connectivity index is 1.17. The number of aromatic nitrogens is 3. The lowest BCUT2D eigenvalue weighted by atomic mass is 10.00. The fourth-order valence-electron chi connectivity index (χ4n) is 5.30. The van der Waals surface area contributed by atoms with Gasteiger partial charge in [0.25, 0.3) is 0 Å². The third kappa shape index (κ3) is 8.57. The number of carbonyl (C=O) groups excluding carboxylic acids is 2. The van der Waals surface area contributed by atoms with E-state index < -0.39 is 6.04 Å². The van der Waals surface area contributed by atoms with Crippen molar-refractivity contribution in [2.75, 3.05) is 39.6 Å². The Morgan fingerprint density at radius 2 is 1.67 bits per heavy atom. The van der Waals surface area contributed by atoms with Crippen molar-refractivity contribution in [2.45, 2.75) is 39.2 Å². The molecule has 1 aliphatic heterocycles. The molecular formula is C35H38ClN5O7. The first-order valence-electron chi connectivity index (χ1n) is 15.8. The first-order chi connectivity index (χ1) is 23.2. The zero-order valence-electron chi connectivity index (χ0n) is 26.8. The molecule has 1 aromatic heterocycles. The van der Waals surface area contributed by atoms with Crippen LogP contribution in [0.25, 0.3) is 5.69 Å². The Morgan fingerprint density at radius 1 is 0.917 bits per heavy atom. The number of aromatic hydroxyl groups is 2. The molecule has 1 atom stereocenters. The number of ketones is 1. The fourth-order valence-corrected chi connectivity index (χ4v) is 5.43. The Morgan fingerprint density at radius 3 is 2.42 bits per heavy atom. The van der Waals surface area contributed by atoms with Crippen molar-refractivity contribution in [3.05, 3.63) is 94.0 Å². The molecular weight excluding hydrogens is 638 g/mol. The minimum atomic E-state index is -0.565. The minimum absolute atomic E-state index is 0.116. The maximum absolute atomic E-state index is 12.7. The fraction of sp³-hybridized carbons (Fsp3) is 0.343. The lowest BCUT2D eigenvalue weighted by molar-refractivity contribution is -0.121. The quantitative estimate of drug-likeness (QED) is 0.0832. The van der Waals surface area contributed by atoms with Crippen molar-refractivity contribution >= 4 is 29.0 Å². The van der Waals surface area contributed by atoms with Crippen molar-refractivity contribution in [1.29, 1.82) is 0 Å². The van der Waals surface area contributed by atoms with E-state index in [2.05, 4.69) is 15.5 Å². The number of ether oxygens (including phenoxy) is 3. The average molecular weight is 676 g/mol. The number of halogens is 1. The molecule has 13 heteroatoms. The standard InChI is InChI=1S/C35H38ClN5O7/c1-3-37-33(45)21-28-35-40-39-22(2)41(35)29-12-11-26(20-27(29)34(38-28)23-6-9-25(36)10-7-23)48-18-17-47-16-15-46-14-4-5-30(42)24-8-13-31(43)32(44)19-24/h6-13,19-20,28,43-44H,3-5,14-18,21H2,1-2H3,(H,37,45)/t28-/m0/s1. The molecule has 5 rings (SSSR count). The van der Waals surface area contributed by atoms with Gasteiger partial charge in [0.1, 0.15) is 24.2 Å². The number of carbonyl (C=O) groups is 2. The summed E-state index contributed by atoms with van der Waals surface area (Å²) in [6, 6.07) is 16.6. The Kier molecular flexibility index (Phi) is 11.8. The van der Waals surface area contributed by atoms with Crippen LogP contribution in [0.1, 0.15) is 65.4 Å². The number of nitrogens with zero attached hydrogens (tertiary/aromatic N) is 4. The molecule has 0 radical (unpaired) electrons. The number of rotatable bonds is 16. The van der Waals surface area contributed by atoms with Crippen LogP contribution in [0.4, 0.5) is 0 Å². The van der Waals surface area contributed by atoms with Crippen LogP contribution in [-0.2, 0) is 14.3 Å². The van der Waals surface area contributed by atoms with Crippen molar-refractivity contribution in [2.24, 2.45) is 4.99 Å². The molecule has 48 heavy (non-hydrogen) atoms. The van der Waals surface area contributed by atoms with Crippen molar-refractivity contribution < 1.29 is 34.0 Å². The summed E-state index contributed by atoms with van der Waals surface area (Å²) in [5.74, 6) is 1.03. The van der Waals surface area contributed by atoms with Gasteiger partial charge in [-0.3, -0.25) is 19.1 Å². The van der Waals surface area contributed by atoms with Gasteiger partial charge in [0.15, 0.2) is 23.1 Å². The van der Waals surface area contributed by atoms with Crippen LogP contribution in [0, 0.1) is 6.92 Å². The van der Waals surface area contributed by atoms with Crippen LogP contribution >= 0.6 is 11.6 Å². The summed E-state index contributed by atoms with van der Waals surface area (Å²) >= 11 is 6.20. The summed E-state index contributed by atoms with van der Waals surface area (Å²) in [5, 5.41) is 31.1. The molecule has 0 saturated heterocycles. The monoisotopic (exact) mass is 675 g/mol. The molecule has 3 N–H and O–H groups in total. The third-order valence-corrected chi connectivity index (χ3v) is 7.88. The zero-order chi connectivity index (χ0) is 34.0. The molecule has 1 aliphatic rings. The number of Topliss-reactive ketones (excluding diaryl/α,β-unsaturated/α-hetero) is 1. The highest BCUT2D eigenvalue weighted by molar-refractivity contribution is 6.30. The second-order valence-corrected chi connectivity index (χ2v) is 11.5. The van der Waals surface area contributed by atoms with Gasteiger partial charge in [0.2, 0.25) is 5.91 Å². The maximum Gasteiger partial charge on any atom is 0.222 e. The van der Waals surface area contributed by atoms with Crippen LogP contribution in [0.3, 0.4) is 0 Å². The van der Waals surface area contributed by atoms with Gasteiger partial charge < -0.3 is 29.7 Å². The second-order valence-electron chi connectivity index (χ2n) is 11.1. The van der Waals surface area contributed by atoms with E-state index in [1.165, 1.54) is 18.2 Å². The van der Waals surface area contributed by atoms with Gasteiger partial charge in [-0.25, -0.2) is 0 Å². The van der Waals surface area contributed by atoms with Gasteiger partial charge in [-0.05, 0) is 68.8 Å². The second kappa shape index (κ2) is 16.4. The first-order valence-corrected chi connectivity index (χ1v) is 16.1. The van der Waals surface area contributed by atoms with Crippen LogP contribution < -0.4 is 10.1 Å². The highest BCUT2D eigenvalue weighted by atomic mass is 35.5. The van der Waals surface area contributed by atoms with Gasteiger partial charge in [-0.2, -0.15) is 0 Å². The molecule has 4 aromatic rings. The lowest BCUT2D eigenvalue weighted by Crippen LogP contribution is -2.25. The molecule has 252 valence electrons. The SMILES string of the molecule is CCNC(=O)C[C@@H]1N=C(c2ccc(Cl)cc2)c2cc(OCCOCCOCCCC(=O)c3ccc(O)c(O)c3)ccc2-n2c(C)nnc21. The van der Waals surface area contributed by atoms with E-state index in [0.717, 1.165) is 16.8 Å². The zero-order valence-corrected chi connectivity index (χ0v) is 27.6. The third-order valence-electron chi connectivity index (χ3n) is 7.63.